The van der Waals surface area contributed by atoms with Gasteiger partial charge in [-0.1, -0.05) is 19.1 Å². The molecule has 1 rings (SSSR count). The van der Waals surface area contributed by atoms with Gasteiger partial charge < -0.3 is 15.4 Å². The summed E-state index contributed by atoms with van der Waals surface area (Å²) in [4.78, 5) is 12.2. The summed E-state index contributed by atoms with van der Waals surface area (Å²) in [5, 5.41) is 6.18. The molecule has 0 radical (unpaired) electrons. The number of carbonyl (C=O) groups is 1. The molecule has 19 heavy (non-hydrogen) atoms. The number of methoxy groups -OCH3 is 1. The molecule has 0 unspecified atom stereocenters. The number of nitrogens with one attached hydrogen (secondary N) is 2. The normalized spacial score (nSPS) is 12.9. The fourth-order valence-electron chi connectivity index (χ4n) is 1.89. The lowest BCUT2D eigenvalue weighted by molar-refractivity contribution is -0.127. The summed E-state index contributed by atoms with van der Waals surface area (Å²) in [5.41, 5.74) is 0.460. The maximum atomic E-state index is 12.2. The fourth-order valence-corrected chi connectivity index (χ4v) is 1.89. The van der Waals surface area contributed by atoms with Crippen molar-refractivity contribution in [2.45, 2.75) is 39.3 Å². The van der Waals surface area contributed by atoms with Gasteiger partial charge in [0.1, 0.15) is 5.75 Å². The standard InChI is InChI=1S/C15H24N2O2/c1-6-16-15(3,4)14(18)17-11(2)12-8-7-9-13(10-12)19-5/h7-11,16H,6H2,1-5H3,(H,17,18)/t11-/m0/s1. The Morgan fingerprint density at radius 1 is 1.42 bits per heavy atom. The Bertz CT molecular complexity index is 430. The van der Waals surface area contributed by atoms with Gasteiger partial charge in [-0.25, -0.2) is 0 Å². The molecule has 4 nitrogen and oxygen atoms in total. The Balaban J connectivity index is 2.73. The molecular formula is C15H24N2O2. The van der Waals surface area contributed by atoms with E-state index < -0.39 is 5.54 Å². The second-order valence-electron chi connectivity index (χ2n) is 5.13. The first-order valence-corrected chi connectivity index (χ1v) is 6.60. The summed E-state index contributed by atoms with van der Waals surface area (Å²) in [6.07, 6.45) is 0. The van der Waals surface area contributed by atoms with Gasteiger partial charge in [0.2, 0.25) is 5.91 Å². The van der Waals surface area contributed by atoms with Crippen molar-refractivity contribution >= 4 is 5.91 Å². The highest BCUT2D eigenvalue weighted by atomic mass is 16.5. The van der Waals surface area contributed by atoms with E-state index >= 15 is 0 Å². The molecule has 0 aliphatic carbocycles. The van der Waals surface area contributed by atoms with Crippen molar-refractivity contribution in [3.05, 3.63) is 29.8 Å². The minimum absolute atomic E-state index is 0.00956. The first-order chi connectivity index (χ1) is 8.90. The van der Waals surface area contributed by atoms with Crippen LogP contribution < -0.4 is 15.4 Å². The first kappa shape index (κ1) is 15.5. The van der Waals surface area contributed by atoms with Gasteiger partial charge in [-0.2, -0.15) is 0 Å². The average molecular weight is 264 g/mol. The largest absolute Gasteiger partial charge is 0.497 e. The zero-order valence-electron chi connectivity index (χ0n) is 12.4. The van der Waals surface area contributed by atoms with Crippen LogP contribution in [0.5, 0.6) is 5.75 Å². The molecule has 0 bridgehead atoms. The van der Waals surface area contributed by atoms with Gasteiger partial charge in [-0.15, -0.1) is 0 Å². The van der Waals surface area contributed by atoms with Crippen molar-refractivity contribution in [2.24, 2.45) is 0 Å². The number of likely N-dealkylation sites (N-methyl/N-ethyl adjacent to an activating group) is 1. The van der Waals surface area contributed by atoms with Gasteiger partial charge in [-0.05, 0) is 45.0 Å². The lowest BCUT2D eigenvalue weighted by Crippen LogP contribution is -2.52. The van der Waals surface area contributed by atoms with Crippen molar-refractivity contribution in [1.29, 1.82) is 0 Å². The monoisotopic (exact) mass is 264 g/mol. The van der Waals surface area contributed by atoms with Gasteiger partial charge >= 0.3 is 0 Å². The molecule has 0 saturated heterocycles. The zero-order valence-corrected chi connectivity index (χ0v) is 12.4. The molecule has 0 heterocycles. The minimum atomic E-state index is -0.568. The van der Waals surface area contributed by atoms with E-state index in [-0.39, 0.29) is 11.9 Å². The second-order valence-corrected chi connectivity index (χ2v) is 5.13. The van der Waals surface area contributed by atoms with Crippen LogP contribution in [0.15, 0.2) is 24.3 Å². The molecule has 0 saturated carbocycles. The third-order valence-electron chi connectivity index (χ3n) is 3.13. The van der Waals surface area contributed by atoms with Crippen LogP contribution in [0.4, 0.5) is 0 Å². The molecule has 4 heteroatoms. The van der Waals surface area contributed by atoms with Gasteiger partial charge in [0.15, 0.2) is 0 Å². The third kappa shape index (κ3) is 4.24. The van der Waals surface area contributed by atoms with Crippen molar-refractivity contribution in [1.82, 2.24) is 10.6 Å². The van der Waals surface area contributed by atoms with Crippen LogP contribution >= 0.6 is 0 Å². The van der Waals surface area contributed by atoms with E-state index in [1.807, 2.05) is 52.0 Å². The summed E-state index contributed by atoms with van der Waals surface area (Å²) in [5.74, 6) is 0.786. The Kier molecular flexibility index (Phi) is 5.36. The quantitative estimate of drug-likeness (QED) is 0.828. The van der Waals surface area contributed by atoms with E-state index in [1.54, 1.807) is 7.11 Å². The first-order valence-electron chi connectivity index (χ1n) is 6.60. The van der Waals surface area contributed by atoms with E-state index in [0.29, 0.717) is 0 Å². The molecule has 0 spiro atoms. The maximum Gasteiger partial charge on any atom is 0.240 e. The molecule has 0 fully saturated rings. The molecule has 0 aromatic heterocycles. The highest BCUT2D eigenvalue weighted by Crippen LogP contribution is 2.19. The summed E-state index contributed by atoms with van der Waals surface area (Å²) in [7, 11) is 1.64. The molecule has 1 aromatic rings. The highest BCUT2D eigenvalue weighted by molar-refractivity contribution is 5.85. The summed E-state index contributed by atoms with van der Waals surface area (Å²) < 4.78 is 5.19. The zero-order chi connectivity index (χ0) is 14.5. The molecule has 2 N–H and O–H groups in total. The van der Waals surface area contributed by atoms with Crippen molar-refractivity contribution < 1.29 is 9.53 Å². The van der Waals surface area contributed by atoms with E-state index in [4.69, 9.17) is 4.74 Å². The number of ether oxygens (including phenoxy) is 1. The van der Waals surface area contributed by atoms with Crippen LogP contribution in [0.2, 0.25) is 0 Å². The lowest BCUT2D eigenvalue weighted by Gasteiger charge is -2.27. The SMILES string of the molecule is CCNC(C)(C)C(=O)N[C@@H](C)c1cccc(OC)c1. The molecule has 0 aliphatic heterocycles. The predicted molar refractivity (Wildman–Crippen MR) is 77.3 cm³/mol. The van der Waals surface area contributed by atoms with Crippen LogP contribution in [0.1, 0.15) is 39.3 Å². The van der Waals surface area contributed by atoms with Crippen molar-refractivity contribution in [3.8, 4) is 5.75 Å². The number of hydrogen-bond donors (Lipinski definition) is 2. The third-order valence-corrected chi connectivity index (χ3v) is 3.13. The van der Waals surface area contributed by atoms with Crippen LogP contribution in [-0.4, -0.2) is 25.1 Å². The number of benzene rings is 1. The Hall–Kier alpha value is -1.55. The summed E-state index contributed by atoms with van der Waals surface area (Å²) in [6, 6.07) is 7.67. The van der Waals surface area contributed by atoms with Gasteiger partial charge in [0.25, 0.3) is 0 Å². The number of rotatable bonds is 6. The number of carbonyl (C=O) groups excluding carboxylic acids is 1. The number of hydrogen-bond acceptors (Lipinski definition) is 3. The second kappa shape index (κ2) is 6.57. The van der Waals surface area contributed by atoms with E-state index in [2.05, 4.69) is 10.6 Å². The van der Waals surface area contributed by atoms with Crippen molar-refractivity contribution in [2.75, 3.05) is 13.7 Å². The van der Waals surface area contributed by atoms with E-state index in [1.165, 1.54) is 0 Å². The smallest absolute Gasteiger partial charge is 0.240 e. The summed E-state index contributed by atoms with van der Waals surface area (Å²) in [6.45, 7) is 8.47. The molecule has 1 amide bonds. The molecule has 1 aromatic carbocycles. The molecular weight excluding hydrogens is 240 g/mol. The van der Waals surface area contributed by atoms with Crippen molar-refractivity contribution in [3.63, 3.8) is 0 Å². The lowest BCUT2D eigenvalue weighted by atomic mass is 10.0. The topological polar surface area (TPSA) is 50.4 Å². The number of amides is 1. The highest BCUT2D eigenvalue weighted by Gasteiger charge is 2.27. The Labute approximate surface area is 115 Å². The predicted octanol–water partition coefficient (Wildman–Crippen LogP) is 2.26. The minimum Gasteiger partial charge on any atom is -0.497 e. The Morgan fingerprint density at radius 2 is 2.11 bits per heavy atom. The van der Waals surface area contributed by atoms with Crippen LogP contribution in [-0.2, 0) is 4.79 Å². The van der Waals surface area contributed by atoms with Gasteiger partial charge in [0.05, 0.1) is 18.7 Å². The van der Waals surface area contributed by atoms with Gasteiger partial charge in [-0.3, -0.25) is 4.79 Å². The molecule has 106 valence electrons. The average Bonchev–Trinajstić information content (AvgIpc) is 2.38. The fraction of sp³-hybridized carbons (Fsp3) is 0.533. The van der Waals surface area contributed by atoms with E-state index in [9.17, 15) is 4.79 Å². The van der Waals surface area contributed by atoms with Gasteiger partial charge in [0, 0.05) is 0 Å². The van der Waals surface area contributed by atoms with Crippen LogP contribution in [0, 0.1) is 0 Å². The van der Waals surface area contributed by atoms with E-state index in [0.717, 1.165) is 17.9 Å². The van der Waals surface area contributed by atoms with Crippen LogP contribution in [0.3, 0.4) is 0 Å². The Morgan fingerprint density at radius 3 is 2.68 bits per heavy atom. The molecule has 0 aliphatic rings. The van der Waals surface area contributed by atoms with Crippen LogP contribution in [0.25, 0.3) is 0 Å². The molecule has 1 atom stereocenters. The maximum absolute atomic E-state index is 12.2. The summed E-state index contributed by atoms with van der Waals surface area (Å²) >= 11 is 0.